The first-order valence-corrected chi connectivity index (χ1v) is 4.56. The van der Waals surface area contributed by atoms with Crippen LogP contribution in [0.2, 0.25) is 0 Å². The van der Waals surface area contributed by atoms with E-state index in [4.69, 9.17) is 4.74 Å². The number of ether oxygens (including phenoxy) is 1. The Kier molecular flexibility index (Phi) is 3.45. The molecular weight excluding hydrogens is 182 g/mol. The molecule has 76 valence electrons. The highest BCUT2D eigenvalue weighted by Crippen LogP contribution is 1.98. The van der Waals surface area contributed by atoms with Crippen LogP contribution in [0.4, 0.5) is 0 Å². The number of pyridine rings is 1. The maximum absolute atomic E-state index is 11.3. The number of hydrogen-bond donors (Lipinski definition) is 0. The van der Waals surface area contributed by atoms with Crippen LogP contribution in [0.25, 0.3) is 0 Å². The smallest absolute Gasteiger partial charge is 0.339 e. The fourth-order valence-corrected chi connectivity index (χ4v) is 1.11. The third kappa shape index (κ3) is 2.22. The Morgan fingerprint density at radius 2 is 2.14 bits per heavy atom. The number of rotatable bonds is 3. The van der Waals surface area contributed by atoms with Crippen LogP contribution in [0.3, 0.4) is 0 Å². The standard InChI is InChI=1S/C10H13NO3/c1-3-11-7-8(5-6-9(11)12)10(13)14-4-2/h5-7H,3-4H2,1-2H3. The predicted molar refractivity (Wildman–Crippen MR) is 52.3 cm³/mol. The Morgan fingerprint density at radius 3 is 2.71 bits per heavy atom. The van der Waals surface area contributed by atoms with E-state index in [1.807, 2.05) is 6.92 Å². The van der Waals surface area contributed by atoms with Gasteiger partial charge in [0.05, 0.1) is 12.2 Å². The van der Waals surface area contributed by atoms with Gasteiger partial charge in [-0.2, -0.15) is 0 Å². The third-order valence-electron chi connectivity index (χ3n) is 1.84. The lowest BCUT2D eigenvalue weighted by molar-refractivity contribution is 0.0525. The summed E-state index contributed by atoms with van der Waals surface area (Å²) in [5.74, 6) is -0.394. The summed E-state index contributed by atoms with van der Waals surface area (Å²) >= 11 is 0. The minimum absolute atomic E-state index is 0.111. The molecule has 0 saturated heterocycles. The minimum atomic E-state index is -0.394. The van der Waals surface area contributed by atoms with Gasteiger partial charge in [0, 0.05) is 18.8 Å². The molecule has 0 amide bonds. The summed E-state index contributed by atoms with van der Waals surface area (Å²) in [6.45, 7) is 4.47. The van der Waals surface area contributed by atoms with Crippen molar-refractivity contribution in [2.24, 2.45) is 0 Å². The fourth-order valence-electron chi connectivity index (χ4n) is 1.11. The van der Waals surface area contributed by atoms with Crippen LogP contribution in [-0.2, 0) is 11.3 Å². The Labute approximate surface area is 82.1 Å². The van der Waals surface area contributed by atoms with E-state index in [2.05, 4.69) is 0 Å². The number of carbonyl (C=O) groups is 1. The first-order valence-electron chi connectivity index (χ1n) is 4.56. The highest BCUT2D eigenvalue weighted by molar-refractivity contribution is 5.88. The number of aryl methyl sites for hydroxylation is 1. The van der Waals surface area contributed by atoms with E-state index in [0.717, 1.165) is 0 Å². The molecule has 1 aromatic heterocycles. The van der Waals surface area contributed by atoms with Gasteiger partial charge >= 0.3 is 5.97 Å². The molecule has 1 aromatic rings. The van der Waals surface area contributed by atoms with Crippen LogP contribution in [-0.4, -0.2) is 17.1 Å². The summed E-state index contributed by atoms with van der Waals surface area (Å²) in [4.78, 5) is 22.5. The average molecular weight is 195 g/mol. The van der Waals surface area contributed by atoms with Crippen molar-refractivity contribution >= 4 is 5.97 Å². The van der Waals surface area contributed by atoms with Crippen LogP contribution >= 0.6 is 0 Å². The minimum Gasteiger partial charge on any atom is -0.462 e. The second-order valence-corrected chi connectivity index (χ2v) is 2.76. The molecule has 4 nitrogen and oxygen atoms in total. The zero-order chi connectivity index (χ0) is 10.6. The number of nitrogens with zero attached hydrogens (tertiary/aromatic N) is 1. The Morgan fingerprint density at radius 1 is 1.43 bits per heavy atom. The summed E-state index contributed by atoms with van der Waals surface area (Å²) in [6.07, 6.45) is 1.51. The van der Waals surface area contributed by atoms with Gasteiger partial charge in [-0.05, 0) is 19.9 Å². The average Bonchev–Trinajstić information content (AvgIpc) is 2.19. The van der Waals surface area contributed by atoms with Crippen molar-refractivity contribution in [1.29, 1.82) is 0 Å². The second-order valence-electron chi connectivity index (χ2n) is 2.76. The molecule has 0 fully saturated rings. The molecule has 0 N–H and O–H groups in total. The van der Waals surface area contributed by atoms with Crippen molar-refractivity contribution < 1.29 is 9.53 Å². The zero-order valence-electron chi connectivity index (χ0n) is 8.32. The number of carbonyl (C=O) groups excluding carboxylic acids is 1. The van der Waals surface area contributed by atoms with Crippen LogP contribution in [0.1, 0.15) is 24.2 Å². The van der Waals surface area contributed by atoms with Crippen LogP contribution in [0.15, 0.2) is 23.1 Å². The maximum atomic E-state index is 11.3. The van der Waals surface area contributed by atoms with Gasteiger partial charge in [0.15, 0.2) is 0 Å². The van der Waals surface area contributed by atoms with Crippen molar-refractivity contribution in [3.63, 3.8) is 0 Å². The largest absolute Gasteiger partial charge is 0.462 e. The zero-order valence-corrected chi connectivity index (χ0v) is 8.32. The second kappa shape index (κ2) is 4.60. The molecule has 0 unspecified atom stereocenters. The number of esters is 1. The van der Waals surface area contributed by atoms with Crippen molar-refractivity contribution in [2.75, 3.05) is 6.61 Å². The molecule has 4 heteroatoms. The van der Waals surface area contributed by atoms with E-state index in [0.29, 0.717) is 18.7 Å². The first kappa shape index (κ1) is 10.5. The molecule has 14 heavy (non-hydrogen) atoms. The third-order valence-corrected chi connectivity index (χ3v) is 1.84. The molecule has 1 heterocycles. The summed E-state index contributed by atoms with van der Waals surface area (Å²) in [6, 6.07) is 2.85. The quantitative estimate of drug-likeness (QED) is 0.677. The van der Waals surface area contributed by atoms with Crippen LogP contribution in [0.5, 0.6) is 0 Å². The van der Waals surface area contributed by atoms with E-state index in [-0.39, 0.29) is 5.56 Å². The highest BCUT2D eigenvalue weighted by Gasteiger charge is 2.06. The SMILES string of the molecule is CCOC(=O)c1ccc(=O)n(CC)c1. The molecule has 0 aliphatic rings. The van der Waals surface area contributed by atoms with E-state index < -0.39 is 5.97 Å². The first-order chi connectivity index (χ1) is 6.69. The Hall–Kier alpha value is -1.58. The number of aromatic nitrogens is 1. The van der Waals surface area contributed by atoms with Crippen LogP contribution < -0.4 is 5.56 Å². The van der Waals surface area contributed by atoms with Crippen molar-refractivity contribution in [1.82, 2.24) is 4.57 Å². The van der Waals surface area contributed by atoms with E-state index in [9.17, 15) is 9.59 Å². The van der Waals surface area contributed by atoms with Gasteiger partial charge in [0.2, 0.25) is 0 Å². The number of hydrogen-bond acceptors (Lipinski definition) is 3. The topological polar surface area (TPSA) is 48.3 Å². The lowest BCUT2D eigenvalue weighted by Crippen LogP contribution is -2.19. The van der Waals surface area contributed by atoms with Gasteiger partial charge in [0.1, 0.15) is 0 Å². The normalized spacial score (nSPS) is 9.86. The lowest BCUT2D eigenvalue weighted by atomic mass is 10.3. The summed E-state index contributed by atoms with van der Waals surface area (Å²) in [5.41, 5.74) is 0.300. The summed E-state index contributed by atoms with van der Waals surface area (Å²) in [5, 5.41) is 0. The molecule has 0 atom stereocenters. The molecule has 0 aliphatic heterocycles. The van der Waals surface area contributed by atoms with Crippen molar-refractivity contribution in [3.8, 4) is 0 Å². The maximum Gasteiger partial charge on any atom is 0.339 e. The fraction of sp³-hybridized carbons (Fsp3) is 0.400. The Balaban J connectivity index is 3.00. The molecule has 0 radical (unpaired) electrons. The van der Waals surface area contributed by atoms with Gasteiger partial charge in [-0.1, -0.05) is 0 Å². The predicted octanol–water partition coefficient (Wildman–Crippen LogP) is 1.04. The van der Waals surface area contributed by atoms with Gasteiger partial charge in [-0.25, -0.2) is 4.79 Å². The summed E-state index contributed by atoms with van der Waals surface area (Å²) in [7, 11) is 0. The summed E-state index contributed by atoms with van der Waals surface area (Å²) < 4.78 is 6.28. The van der Waals surface area contributed by atoms with Gasteiger partial charge < -0.3 is 9.30 Å². The molecule has 0 aromatic carbocycles. The monoisotopic (exact) mass is 195 g/mol. The lowest BCUT2D eigenvalue weighted by Gasteiger charge is -2.04. The molecule has 0 aliphatic carbocycles. The van der Waals surface area contributed by atoms with Gasteiger partial charge in [-0.3, -0.25) is 4.79 Å². The highest BCUT2D eigenvalue weighted by atomic mass is 16.5. The molecular formula is C10H13NO3. The molecule has 1 rings (SSSR count). The van der Waals surface area contributed by atoms with Gasteiger partial charge in [0.25, 0.3) is 5.56 Å². The van der Waals surface area contributed by atoms with E-state index in [1.165, 1.54) is 22.9 Å². The molecule has 0 bridgehead atoms. The van der Waals surface area contributed by atoms with Crippen LogP contribution in [0, 0.1) is 0 Å². The molecule has 0 spiro atoms. The Bertz CT molecular complexity index is 381. The van der Waals surface area contributed by atoms with E-state index in [1.54, 1.807) is 6.92 Å². The van der Waals surface area contributed by atoms with Crippen molar-refractivity contribution in [3.05, 3.63) is 34.2 Å². The van der Waals surface area contributed by atoms with E-state index >= 15 is 0 Å². The molecule has 0 saturated carbocycles. The van der Waals surface area contributed by atoms with Crippen molar-refractivity contribution in [2.45, 2.75) is 20.4 Å². The van der Waals surface area contributed by atoms with Gasteiger partial charge in [-0.15, -0.1) is 0 Å².